The van der Waals surface area contributed by atoms with Gasteiger partial charge in [-0.2, -0.15) is 0 Å². The molecule has 0 saturated heterocycles. The van der Waals surface area contributed by atoms with Crippen molar-refractivity contribution in [2.45, 2.75) is 12.8 Å². The molecule has 5 nitrogen and oxygen atoms in total. The summed E-state index contributed by atoms with van der Waals surface area (Å²) < 4.78 is 21.5. The highest BCUT2D eigenvalue weighted by atomic mass is 16.7. The van der Waals surface area contributed by atoms with E-state index in [1.807, 2.05) is 48.6 Å². The summed E-state index contributed by atoms with van der Waals surface area (Å²) in [4.78, 5) is 12.4. The molecule has 3 aliphatic rings. The van der Waals surface area contributed by atoms with Crippen molar-refractivity contribution in [2.75, 3.05) is 13.6 Å². The van der Waals surface area contributed by atoms with E-state index in [0.717, 1.165) is 45.9 Å². The van der Waals surface area contributed by atoms with Crippen LogP contribution in [0.4, 0.5) is 0 Å². The highest BCUT2D eigenvalue weighted by Gasteiger charge is 2.23. The van der Waals surface area contributed by atoms with Crippen LogP contribution in [0.15, 0.2) is 47.5 Å². The van der Waals surface area contributed by atoms with Crippen molar-refractivity contribution in [3.05, 3.63) is 58.7 Å². The van der Waals surface area contributed by atoms with E-state index in [4.69, 9.17) is 18.9 Å². The van der Waals surface area contributed by atoms with E-state index >= 15 is 0 Å². The fourth-order valence-electron chi connectivity index (χ4n) is 3.39. The van der Waals surface area contributed by atoms with E-state index in [1.54, 1.807) is 0 Å². The minimum absolute atomic E-state index is 0.162. The predicted molar refractivity (Wildman–Crippen MR) is 95.3 cm³/mol. The van der Waals surface area contributed by atoms with Gasteiger partial charge in [-0.05, 0) is 53.5 Å². The summed E-state index contributed by atoms with van der Waals surface area (Å²) in [6.07, 6.45) is 5.25. The molecule has 2 heterocycles. The molecule has 2 aliphatic heterocycles. The van der Waals surface area contributed by atoms with Crippen molar-refractivity contribution in [1.29, 1.82) is 0 Å². The van der Waals surface area contributed by atoms with E-state index in [-0.39, 0.29) is 19.4 Å². The van der Waals surface area contributed by atoms with Gasteiger partial charge in [0.15, 0.2) is 28.8 Å². The Labute approximate surface area is 150 Å². The highest BCUT2D eigenvalue weighted by molar-refractivity contribution is 6.08. The lowest BCUT2D eigenvalue weighted by Gasteiger charge is -2.04. The summed E-state index contributed by atoms with van der Waals surface area (Å²) in [5.41, 5.74) is 3.71. The molecule has 0 aromatic heterocycles. The Morgan fingerprint density at radius 3 is 1.92 bits per heavy atom. The number of benzene rings is 2. The SMILES string of the molecule is O=C1CCC(=Cc2ccc3c(c2)OCO3)C1=Cc1ccc2c(c1)OCO2. The molecule has 0 bridgehead atoms. The number of hydrogen-bond acceptors (Lipinski definition) is 5. The number of carbonyl (C=O) groups is 1. The molecule has 26 heavy (non-hydrogen) atoms. The first kappa shape index (κ1) is 15.1. The van der Waals surface area contributed by atoms with Crippen LogP contribution in [0.1, 0.15) is 24.0 Å². The number of ether oxygens (including phenoxy) is 4. The van der Waals surface area contributed by atoms with Gasteiger partial charge < -0.3 is 18.9 Å². The van der Waals surface area contributed by atoms with Gasteiger partial charge in [0.25, 0.3) is 0 Å². The zero-order chi connectivity index (χ0) is 17.5. The first-order chi connectivity index (χ1) is 12.8. The van der Waals surface area contributed by atoms with Gasteiger partial charge in [0.1, 0.15) is 0 Å². The molecule has 1 saturated carbocycles. The Bertz CT molecular complexity index is 970. The van der Waals surface area contributed by atoms with Crippen molar-refractivity contribution >= 4 is 17.9 Å². The topological polar surface area (TPSA) is 54.0 Å². The van der Waals surface area contributed by atoms with Crippen molar-refractivity contribution in [3.8, 4) is 23.0 Å². The molecule has 5 rings (SSSR count). The molecule has 0 atom stereocenters. The number of fused-ring (bicyclic) bond motifs is 2. The zero-order valence-electron chi connectivity index (χ0n) is 14.0. The van der Waals surface area contributed by atoms with E-state index in [2.05, 4.69) is 0 Å². The van der Waals surface area contributed by atoms with Crippen LogP contribution in [0.5, 0.6) is 23.0 Å². The second-order valence-electron chi connectivity index (χ2n) is 6.38. The molecule has 0 spiro atoms. The third kappa shape index (κ3) is 2.62. The molecular formula is C21H16O5. The molecule has 1 fully saturated rings. The van der Waals surface area contributed by atoms with Gasteiger partial charge >= 0.3 is 0 Å². The Hall–Kier alpha value is -3.21. The molecule has 0 N–H and O–H groups in total. The Morgan fingerprint density at radius 1 is 0.692 bits per heavy atom. The maximum Gasteiger partial charge on any atom is 0.231 e. The van der Waals surface area contributed by atoms with Crippen LogP contribution in [-0.2, 0) is 4.79 Å². The number of Topliss-reactive ketones (excluding diaryl/α,β-unsaturated/α-hetero) is 1. The number of rotatable bonds is 2. The Kier molecular flexibility index (Phi) is 3.45. The van der Waals surface area contributed by atoms with Crippen LogP contribution in [0.2, 0.25) is 0 Å². The summed E-state index contributed by atoms with van der Waals surface area (Å²) in [6, 6.07) is 11.5. The van der Waals surface area contributed by atoms with Crippen LogP contribution >= 0.6 is 0 Å². The molecule has 5 heteroatoms. The van der Waals surface area contributed by atoms with Gasteiger partial charge in [-0.3, -0.25) is 4.79 Å². The van der Waals surface area contributed by atoms with Gasteiger partial charge in [-0.1, -0.05) is 18.2 Å². The average molecular weight is 348 g/mol. The summed E-state index contributed by atoms with van der Waals surface area (Å²) in [5, 5.41) is 0. The predicted octanol–water partition coefficient (Wildman–Crippen LogP) is 3.97. The zero-order valence-corrected chi connectivity index (χ0v) is 14.0. The maximum absolute atomic E-state index is 12.4. The number of allylic oxidation sites excluding steroid dienone is 2. The van der Waals surface area contributed by atoms with Crippen molar-refractivity contribution in [2.24, 2.45) is 0 Å². The fraction of sp³-hybridized carbons (Fsp3) is 0.190. The molecule has 0 amide bonds. The minimum atomic E-state index is 0.162. The largest absolute Gasteiger partial charge is 0.454 e. The third-order valence-corrected chi connectivity index (χ3v) is 4.71. The maximum atomic E-state index is 12.4. The quantitative estimate of drug-likeness (QED) is 0.769. The number of carbonyl (C=O) groups excluding carboxylic acids is 1. The Balaban J connectivity index is 1.49. The Morgan fingerprint density at radius 2 is 1.27 bits per heavy atom. The van der Waals surface area contributed by atoms with Gasteiger partial charge in [-0.15, -0.1) is 0 Å². The third-order valence-electron chi connectivity index (χ3n) is 4.71. The molecular weight excluding hydrogens is 332 g/mol. The number of ketones is 1. The van der Waals surface area contributed by atoms with Crippen LogP contribution in [0.3, 0.4) is 0 Å². The molecule has 2 aromatic carbocycles. The first-order valence-corrected chi connectivity index (χ1v) is 8.51. The average Bonchev–Trinajstić information content (AvgIpc) is 3.37. The van der Waals surface area contributed by atoms with Gasteiger partial charge in [0, 0.05) is 12.0 Å². The van der Waals surface area contributed by atoms with Crippen LogP contribution in [0.25, 0.3) is 12.2 Å². The molecule has 1 aliphatic carbocycles. The lowest BCUT2D eigenvalue weighted by Crippen LogP contribution is -1.93. The van der Waals surface area contributed by atoms with E-state index < -0.39 is 0 Å². The van der Waals surface area contributed by atoms with Gasteiger partial charge in [0.05, 0.1) is 0 Å². The van der Waals surface area contributed by atoms with E-state index in [1.165, 1.54) is 0 Å². The molecule has 0 radical (unpaired) electrons. The lowest BCUT2D eigenvalue weighted by atomic mass is 10.0. The summed E-state index contributed by atoms with van der Waals surface area (Å²) in [6.45, 7) is 0.493. The molecule has 2 aromatic rings. The van der Waals surface area contributed by atoms with Crippen LogP contribution in [-0.4, -0.2) is 19.4 Å². The van der Waals surface area contributed by atoms with Crippen LogP contribution < -0.4 is 18.9 Å². The van der Waals surface area contributed by atoms with E-state index in [0.29, 0.717) is 12.2 Å². The smallest absolute Gasteiger partial charge is 0.231 e. The second-order valence-corrected chi connectivity index (χ2v) is 6.38. The normalized spacial score (nSPS) is 20.4. The van der Waals surface area contributed by atoms with Crippen LogP contribution in [0, 0.1) is 0 Å². The van der Waals surface area contributed by atoms with Crippen molar-refractivity contribution in [1.82, 2.24) is 0 Å². The van der Waals surface area contributed by atoms with Gasteiger partial charge in [-0.25, -0.2) is 0 Å². The summed E-state index contributed by atoms with van der Waals surface area (Å²) >= 11 is 0. The second kappa shape index (κ2) is 5.95. The molecule has 0 unspecified atom stereocenters. The standard InChI is InChI=1S/C21H16O5/c22-17-4-3-15(7-13-1-5-18-20(9-13)25-11-23-18)16(17)8-14-2-6-19-21(10-14)26-12-24-19/h1-2,5-10H,3-4,11-12H2. The van der Waals surface area contributed by atoms with Crippen molar-refractivity contribution < 1.29 is 23.7 Å². The van der Waals surface area contributed by atoms with Gasteiger partial charge in [0.2, 0.25) is 13.6 Å². The lowest BCUT2D eigenvalue weighted by molar-refractivity contribution is -0.114. The summed E-state index contributed by atoms with van der Waals surface area (Å²) in [5.74, 6) is 3.11. The highest BCUT2D eigenvalue weighted by Crippen LogP contribution is 2.37. The minimum Gasteiger partial charge on any atom is -0.454 e. The van der Waals surface area contributed by atoms with Crippen molar-refractivity contribution in [3.63, 3.8) is 0 Å². The number of hydrogen-bond donors (Lipinski definition) is 0. The monoisotopic (exact) mass is 348 g/mol. The first-order valence-electron chi connectivity index (χ1n) is 8.51. The summed E-state index contributed by atoms with van der Waals surface area (Å²) in [7, 11) is 0. The fourth-order valence-corrected chi connectivity index (χ4v) is 3.39. The molecule has 130 valence electrons. The van der Waals surface area contributed by atoms with E-state index in [9.17, 15) is 4.79 Å².